The van der Waals surface area contributed by atoms with Crippen molar-refractivity contribution >= 4 is 18.0 Å². The van der Waals surface area contributed by atoms with Crippen LogP contribution in [0.4, 0.5) is 4.79 Å². The van der Waals surface area contributed by atoms with Crippen LogP contribution < -0.4 is 5.32 Å². The molecule has 23 heavy (non-hydrogen) atoms. The molecule has 0 heterocycles. The minimum atomic E-state index is -1.36. The molecule has 4 N–H and O–H groups in total. The van der Waals surface area contributed by atoms with Crippen molar-refractivity contribution in [1.29, 1.82) is 0 Å². The Bertz CT molecular complexity index is 534. The average molecular weight is 324 g/mol. The number of aliphatic carboxylic acids is 2. The molecule has 0 saturated carbocycles. The van der Waals surface area contributed by atoms with E-state index in [-0.39, 0.29) is 13.0 Å². The monoisotopic (exact) mass is 324 g/mol. The maximum atomic E-state index is 11.7. The highest BCUT2D eigenvalue weighted by Crippen LogP contribution is 2.04. The lowest BCUT2D eigenvalue weighted by atomic mass is 10.1. The van der Waals surface area contributed by atoms with Crippen molar-refractivity contribution in [2.24, 2.45) is 0 Å². The second-order valence-corrected chi connectivity index (χ2v) is 4.99. The number of aryl methyl sites for hydroxylation is 1. The van der Waals surface area contributed by atoms with Crippen LogP contribution in [-0.2, 0) is 16.0 Å². The third-order valence-electron chi connectivity index (χ3n) is 3.16. The summed E-state index contributed by atoms with van der Waals surface area (Å²) < 4.78 is 0. The summed E-state index contributed by atoms with van der Waals surface area (Å²) in [6.07, 6.45) is 0.512. The molecule has 126 valence electrons. The van der Waals surface area contributed by atoms with Crippen molar-refractivity contribution in [3.05, 3.63) is 35.9 Å². The molecule has 8 nitrogen and oxygen atoms in total. The van der Waals surface area contributed by atoms with Crippen LogP contribution in [0.25, 0.3) is 0 Å². The molecule has 1 aromatic rings. The number of carbonyl (C=O) groups excluding carboxylic acids is 1. The molecule has 1 rings (SSSR count). The van der Waals surface area contributed by atoms with Gasteiger partial charge in [0.25, 0.3) is 0 Å². The fraction of sp³-hybridized carbons (Fsp3) is 0.400. The van der Waals surface area contributed by atoms with Gasteiger partial charge in [-0.15, -0.1) is 0 Å². The van der Waals surface area contributed by atoms with Crippen molar-refractivity contribution in [2.75, 3.05) is 6.54 Å². The van der Waals surface area contributed by atoms with Crippen LogP contribution in [-0.4, -0.2) is 51.0 Å². The molecule has 0 aliphatic rings. The first-order chi connectivity index (χ1) is 10.9. The van der Waals surface area contributed by atoms with E-state index in [2.05, 4.69) is 5.32 Å². The maximum Gasteiger partial charge on any atom is 0.341 e. The smallest absolute Gasteiger partial charge is 0.341 e. The molecule has 8 heteroatoms. The Hall–Kier alpha value is -2.61. The van der Waals surface area contributed by atoms with Crippen LogP contribution >= 0.6 is 0 Å². The quantitative estimate of drug-likeness (QED) is 0.401. The first kappa shape index (κ1) is 18.4. The second kappa shape index (κ2) is 9.42. The van der Waals surface area contributed by atoms with E-state index in [1.807, 2.05) is 30.3 Å². The van der Waals surface area contributed by atoms with E-state index < -0.39 is 30.4 Å². The predicted octanol–water partition coefficient (Wildman–Crippen LogP) is 1.34. The highest BCUT2D eigenvalue weighted by molar-refractivity contribution is 5.82. The van der Waals surface area contributed by atoms with Crippen molar-refractivity contribution in [3.8, 4) is 0 Å². The minimum Gasteiger partial charge on any atom is -0.481 e. The Morgan fingerprint density at radius 3 is 2.35 bits per heavy atom. The number of hydroxylamine groups is 2. The average Bonchev–Trinajstić information content (AvgIpc) is 2.51. The van der Waals surface area contributed by atoms with Crippen molar-refractivity contribution in [1.82, 2.24) is 10.4 Å². The molecule has 0 aromatic heterocycles. The van der Waals surface area contributed by atoms with Gasteiger partial charge in [0, 0.05) is 6.42 Å². The second-order valence-electron chi connectivity index (χ2n) is 4.99. The Kier molecular flexibility index (Phi) is 7.55. The molecule has 0 unspecified atom stereocenters. The number of nitrogens with zero attached hydrogens (tertiary/aromatic N) is 1. The summed E-state index contributed by atoms with van der Waals surface area (Å²) in [6.45, 7) is 0.0337. The summed E-state index contributed by atoms with van der Waals surface area (Å²) in [6, 6.07) is 7.19. The van der Waals surface area contributed by atoms with E-state index in [1.165, 1.54) is 0 Å². The summed E-state index contributed by atoms with van der Waals surface area (Å²) in [4.78, 5) is 33.1. The van der Waals surface area contributed by atoms with E-state index in [1.54, 1.807) is 0 Å². The zero-order valence-electron chi connectivity index (χ0n) is 12.5. The number of hydrogen-bond donors (Lipinski definition) is 4. The largest absolute Gasteiger partial charge is 0.481 e. The summed E-state index contributed by atoms with van der Waals surface area (Å²) in [5.41, 5.74) is 1.06. The van der Waals surface area contributed by atoms with Crippen LogP contribution in [0, 0.1) is 0 Å². The lowest BCUT2D eigenvalue weighted by Gasteiger charge is -2.19. The van der Waals surface area contributed by atoms with Crippen LogP contribution in [0.2, 0.25) is 0 Å². The maximum absolute atomic E-state index is 11.7. The molecule has 1 aromatic carbocycles. The highest BCUT2D eigenvalue weighted by Gasteiger charge is 2.23. The number of rotatable bonds is 9. The minimum absolute atomic E-state index is 0.0337. The number of carbonyl (C=O) groups is 3. The van der Waals surface area contributed by atoms with Crippen LogP contribution in [0.5, 0.6) is 0 Å². The summed E-state index contributed by atoms with van der Waals surface area (Å²) >= 11 is 0. The highest BCUT2D eigenvalue weighted by atomic mass is 16.5. The van der Waals surface area contributed by atoms with E-state index in [9.17, 15) is 19.6 Å². The van der Waals surface area contributed by atoms with Gasteiger partial charge in [0.05, 0.1) is 6.54 Å². The molecule has 0 saturated heterocycles. The molecule has 1 atom stereocenters. The van der Waals surface area contributed by atoms with Crippen molar-refractivity contribution in [2.45, 2.75) is 31.7 Å². The number of benzene rings is 1. The third-order valence-corrected chi connectivity index (χ3v) is 3.16. The van der Waals surface area contributed by atoms with Gasteiger partial charge >= 0.3 is 18.0 Å². The zero-order chi connectivity index (χ0) is 17.2. The molecular weight excluding hydrogens is 304 g/mol. The molecule has 0 radical (unpaired) electrons. The van der Waals surface area contributed by atoms with Gasteiger partial charge < -0.3 is 15.5 Å². The zero-order valence-corrected chi connectivity index (χ0v) is 12.5. The summed E-state index contributed by atoms with van der Waals surface area (Å²) in [7, 11) is 0. The van der Waals surface area contributed by atoms with Gasteiger partial charge in [0.1, 0.15) is 6.04 Å². The van der Waals surface area contributed by atoms with Crippen LogP contribution in [0.15, 0.2) is 30.3 Å². The van der Waals surface area contributed by atoms with Gasteiger partial charge in [-0.2, -0.15) is 0 Å². The third kappa shape index (κ3) is 7.28. The topological polar surface area (TPSA) is 127 Å². The lowest BCUT2D eigenvalue weighted by molar-refractivity contribution is -0.140. The molecule has 0 bridgehead atoms. The molecule has 0 spiro atoms. The predicted molar refractivity (Wildman–Crippen MR) is 80.1 cm³/mol. The molecular formula is C15H20N2O6. The Morgan fingerprint density at radius 2 is 1.78 bits per heavy atom. The standard InChI is InChI=1S/C15H20N2O6/c18-13(19)9-8-12(14(20)21)16-15(22)17(23)10-4-7-11-5-2-1-3-6-11/h1-3,5-6,12,23H,4,7-10H2,(H,16,22)(H,18,19)(H,20,21)/t12-/m0/s1. The van der Waals surface area contributed by atoms with Crippen LogP contribution in [0.3, 0.4) is 0 Å². The number of amides is 2. The number of nitrogens with one attached hydrogen (secondary N) is 1. The Labute approximate surface area is 133 Å². The van der Waals surface area contributed by atoms with E-state index >= 15 is 0 Å². The molecule has 0 aliphatic heterocycles. The Balaban J connectivity index is 2.39. The first-order valence-corrected chi connectivity index (χ1v) is 7.15. The number of urea groups is 1. The van der Waals surface area contributed by atoms with Crippen LogP contribution in [0.1, 0.15) is 24.8 Å². The van der Waals surface area contributed by atoms with Gasteiger partial charge in [-0.3, -0.25) is 10.0 Å². The lowest BCUT2D eigenvalue weighted by Crippen LogP contribution is -2.47. The van der Waals surface area contributed by atoms with Gasteiger partial charge in [-0.25, -0.2) is 14.7 Å². The molecule has 2 amide bonds. The van der Waals surface area contributed by atoms with Gasteiger partial charge in [0.15, 0.2) is 0 Å². The first-order valence-electron chi connectivity index (χ1n) is 7.15. The number of carboxylic acids is 2. The molecule has 0 fully saturated rings. The summed E-state index contributed by atoms with van der Waals surface area (Å²) in [5.74, 6) is -2.51. The fourth-order valence-corrected chi connectivity index (χ4v) is 1.93. The number of hydrogen-bond acceptors (Lipinski definition) is 4. The Morgan fingerprint density at radius 1 is 1.13 bits per heavy atom. The van der Waals surface area contributed by atoms with Gasteiger partial charge in [0.2, 0.25) is 0 Å². The molecule has 0 aliphatic carbocycles. The van der Waals surface area contributed by atoms with Gasteiger partial charge in [-0.1, -0.05) is 30.3 Å². The number of carboxylic acid groups (broad SMARTS) is 2. The van der Waals surface area contributed by atoms with E-state index in [0.717, 1.165) is 5.56 Å². The van der Waals surface area contributed by atoms with Gasteiger partial charge in [-0.05, 0) is 24.8 Å². The SMILES string of the molecule is O=C(O)CC[C@H](NC(=O)N(O)CCCc1ccccc1)C(=O)O. The van der Waals surface area contributed by atoms with Crippen molar-refractivity contribution in [3.63, 3.8) is 0 Å². The fourth-order valence-electron chi connectivity index (χ4n) is 1.93. The summed E-state index contributed by atoms with van der Waals surface area (Å²) in [5, 5.41) is 29.6. The normalized spacial score (nSPS) is 11.5. The van der Waals surface area contributed by atoms with E-state index in [4.69, 9.17) is 10.2 Å². The van der Waals surface area contributed by atoms with E-state index in [0.29, 0.717) is 17.9 Å². The van der Waals surface area contributed by atoms with Crippen molar-refractivity contribution < 1.29 is 29.8 Å².